The van der Waals surface area contributed by atoms with E-state index in [1.807, 2.05) is 79.8 Å². The molecular formula is C25H30N6O2. The van der Waals surface area contributed by atoms with Crippen molar-refractivity contribution in [2.75, 3.05) is 0 Å². The van der Waals surface area contributed by atoms with E-state index < -0.39 is 11.7 Å². The first-order valence-electron chi connectivity index (χ1n) is 11.1. The van der Waals surface area contributed by atoms with Gasteiger partial charge in [-0.05, 0) is 65.3 Å². The van der Waals surface area contributed by atoms with Crippen LogP contribution >= 0.6 is 0 Å². The molecule has 1 amide bonds. The van der Waals surface area contributed by atoms with Gasteiger partial charge in [0.15, 0.2) is 5.65 Å². The van der Waals surface area contributed by atoms with Crippen LogP contribution in [0.25, 0.3) is 27.8 Å². The van der Waals surface area contributed by atoms with Crippen LogP contribution in [0.3, 0.4) is 0 Å². The van der Waals surface area contributed by atoms with Crippen LogP contribution in [0.2, 0.25) is 0 Å². The number of ether oxygens (including phenoxy) is 1. The zero-order valence-electron chi connectivity index (χ0n) is 20.0. The van der Waals surface area contributed by atoms with E-state index in [0.29, 0.717) is 5.69 Å². The lowest BCUT2D eigenvalue weighted by Gasteiger charge is -2.19. The number of amides is 1. The first kappa shape index (κ1) is 22.5. The molecule has 0 aliphatic rings. The fraction of sp³-hybridized carbons (Fsp3) is 0.360. The molecule has 33 heavy (non-hydrogen) atoms. The zero-order chi connectivity index (χ0) is 23.8. The lowest BCUT2D eigenvalue weighted by atomic mass is 10.1. The quantitative estimate of drug-likeness (QED) is 0.455. The van der Waals surface area contributed by atoms with Crippen molar-refractivity contribution in [1.29, 1.82) is 0 Å². The zero-order valence-corrected chi connectivity index (χ0v) is 20.0. The molecular weight excluding hydrogens is 416 g/mol. The molecule has 0 saturated heterocycles. The normalized spacial score (nSPS) is 11.8. The summed E-state index contributed by atoms with van der Waals surface area (Å²) in [6, 6.07) is 10.3. The average molecular weight is 447 g/mol. The number of fused-ring (bicyclic) bond motifs is 1. The minimum absolute atomic E-state index is 0.210. The van der Waals surface area contributed by atoms with Gasteiger partial charge in [-0.15, -0.1) is 0 Å². The highest BCUT2D eigenvalue weighted by molar-refractivity contribution is 5.95. The van der Waals surface area contributed by atoms with Gasteiger partial charge in [0.25, 0.3) is 0 Å². The molecule has 0 bridgehead atoms. The minimum Gasteiger partial charge on any atom is -0.444 e. The Hall–Kier alpha value is -3.68. The van der Waals surface area contributed by atoms with Gasteiger partial charge in [-0.1, -0.05) is 17.7 Å². The molecule has 0 saturated carbocycles. The summed E-state index contributed by atoms with van der Waals surface area (Å²) in [5.41, 5.74) is 4.84. The Kier molecular flexibility index (Phi) is 5.93. The van der Waals surface area contributed by atoms with Gasteiger partial charge in [-0.3, -0.25) is 4.68 Å². The number of hydrogen-bond donors (Lipinski definition) is 1. The van der Waals surface area contributed by atoms with Crippen molar-refractivity contribution in [1.82, 2.24) is 29.9 Å². The van der Waals surface area contributed by atoms with Crippen LogP contribution in [-0.2, 0) is 11.3 Å². The molecule has 0 aliphatic heterocycles. The van der Waals surface area contributed by atoms with Crippen LogP contribution in [0.4, 0.5) is 4.79 Å². The molecule has 4 rings (SSSR count). The Bertz CT molecular complexity index is 1280. The van der Waals surface area contributed by atoms with E-state index >= 15 is 0 Å². The Balaban J connectivity index is 1.81. The topological polar surface area (TPSA) is 86.9 Å². The predicted molar refractivity (Wildman–Crippen MR) is 128 cm³/mol. The molecule has 1 N–H and O–H groups in total. The molecule has 3 aromatic heterocycles. The van der Waals surface area contributed by atoms with Crippen molar-refractivity contribution in [3.63, 3.8) is 0 Å². The Labute approximate surface area is 193 Å². The first-order valence-corrected chi connectivity index (χ1v) is 11.1. The van der Waals surface area contributed by atoms with Gasteiger partial charge in [-0.25, -0.2) is 14.5 Å². The standard InChI is InChI=1S/C25H30N6O2/c1-16(2)30-15-18(13-28-30)20-11-12-26-23-22(20)21(14-27-24(32)33-25(4,5)6)29-31(23)19-9-7-17(3)8-10-19/h7-13,15-16H,14H2,1-6H3,(H,27,32). The van der Waals surface area contributed by atoms with Crippen molar-refractivity contribution < 1.29 is 9.53 Å². The SMILES string of the molecule is Cc1ccc(-n2nc(CNC(=O)OC(C)(C)C)c3c(-c4cnn(C(C)C)c4)ccnc32)cc1. The summed E-state index contributed by atoms with van der Waals surface area (Å²) < 4.78 is 9.15. The lowest BCUT2D eigenvalue weighted by Crippen LogP contribution is -2.32. The van der Waals surface area contributed by atoms with Crippen molar-refractivity contribution in [3.05, 3.63) is 60.2 Å². The van der Waals surface area contributed by atoms with Crippen LogP contribution in [0.1, 0.15) is 51.9 Å². The van der Waals surface area contributed by atoms with Gasteiger partial charge >= 0.3 is 6.09 Å². The number of nitrogens with zero attached hydrogens (tertiary/aromatic N) is 5. The number of alkyl carbamates (subject to hydrolysis) is 1. The molecule has 8 heteroatoms. The third kappa shape index (κ3) is 4.89. The third-order valence-corrected chi connectivity index (χ3v) is 5.16. The highest BCUT2D eigenvalue weighted by Gasteiger charge is 2.21. The van der Waals surface area contributed by atoms with Gasteiger partial charge in [0.1, 0.15) is 5.60 Å². The Morgan fingerprint density at radius 3 is 2.52 bits per heavy atom. The summed E-state index contributed by atoms with van der Waals surface area (Å²) >= 11 is 0. The second-order valence-corrected chi connectivity index (χ2v) is 9.41. The average Bonchev–Trinajstić information content (AvgIpc) is 3.37. The molecule has 0 atom stereocenters. The summed E-state index contributed by atoms with van der Waals surface area (Å²) in [6.45, 7) is 11.9. The van der Waals surface area contributed by atoms with E-state index in [9.17, 15) is 4.79 Å². The van der Waals surface area contributed by atoms with Crippen molar-refractivity contribution in [2.24, 2.45) is 0 Å². The Morgan fingerprint density at radius 2 is 1.88 bits per heavy atom. The summed E-state index contributed by atoms with van der Waals surface area (Å²) in [7, 11) is 0. The first-order chi connectivity index (χ1) is 15.6. The Morgan fingerprint density at radius 1 is 1.15 bits per heavy atom. The van der Waals surface area contributed by atoms with E-state index in [-0.39, 0.29) is 12.6 Å². The van der Waals surface area contributed by atoms with Gasteiger partial charge < -0.3 is 10.1 Å². The van der Waals surface area contributed by atoms with Crippen LogP contribution in [0.5, 0.6) is 0 Å². The molecule has 0 unspecified atom stereocenters. The maximum absolute atomic E-state index is 12.3. The lowest BCUT2D eigenvalue weighted by molar-refractivity contribution is 0.0523. The molecule has 3 heterocycles. The number of hydrogen-bond acceptors (Lipinski definition) is 5. The van der Waals surface area contributed by atoms with E-state index in [1.165, 1.54) is 0 Å². The largest absolute Gasteiger partial charge is 0.444 e. The molecule has 172 valence electrons. The van der Waals surface area contributed by atoms with Gasteiger partial charge in [0.05, 0.1) is 29.5 Å². The van der Waals surface area contributed by atoms with Crippen LogP contribution in [0.15, 0.2) is 48.9 Å². The maximum Gasteiger partial charge on any atom is 0.407 e. The maximum atomic E-state index is 12.3. The van der Waals surface area contributed by atoms with Crippen molar-refractivity contribution >= 4 is 17.1 Å². The smallest absolute Gasteiger partial charge is 0.407 e. The number of benzene rings is 1. The number of carbonyl (C=O) groups is 1. The number of aromatic nitrogens is 5. The summed E-state index contributed by atoms with van der Waals surface area (Å²) in [6.07, 6.45) is 5.16. The molecule has 8 nitrogen and oxygen atoms in total. The molecule has 4 aromatic rings. The number of carbonyl (C=O) groups excluding carboxylic acids is 1. The van der Waals surface area contributed by atoms with E-state index in [2.05, 4.69) is 29.2 Å². The van der Waals surface area contributed by atoms with E-state index in [1.54, 1.807) is 6.20 Å². The number of aryl methyl sites for hydroxylation is 1. The van der Waals surface area contributed by atoms with Crippen molar-refractivity contribution in [3.8, 4) is 16.8 Å². The van der Waals surface area contributed by atoms with Crippen LogP contribution in [-0.4, -0.2) is 36.2 Å². The van der Waals surface area contributed by atoms with Crippen LogP contribution < -0.4 is 5.32 Å². The second kappa shape index (κ2) is 8.69. The van der Waals surface area contributed by atoms with Gasteiger partial charge in [-0.2, -0.15) is 10.2 Å². The number of nitrogens with one attached hydrogen (secondary N) is 1. The molecule has 0 fully saturated rings. The predicted octanol–water partition coefficient (Wildman–Crippen LogP) is 5.20. The minimum atomic E-state index is -0.578. The molecule has 0 spiro atoms. The molecule has 0 aliphatic carbocycles. The fourth-order valence-electron chi connectivity index (χ4n) is 3.57. The van der Waals surface area contributed by atoms with Gasteiger partial charge in [0, 0.05) is 24.0 Å². The van der Waals surface area contributed by atoms with Gasteiger partial charge in [0.2, 0.25) is 0 Å². The fourth-order valence-corrected chi connectivity index (χ4v) is 3.57. The third-order valence-electron chi connectivity index (χ3n) is 5.16. The van der Waals surface area contributed by atoms with Crippen molar-refractivity contribution in [2.45, 2.75) is 59.7 Å². The monoisotopic (exact) mass is 446 g/mol. The van der Waals surface area contributed by atoms with Crippen LogP contribution in [0, 0.1) is 6.92 Å². The van der Waals surface area contributed by atoms with E-state index in [0.717, 1.165) is 33.4 Å². The highest BCUT2D eigenvalue weighted by atomic mass is 16.6. The summed E-state index contributed by atoms with van der Waals surface area (Å²) in [5, 5.41) is 13.1. The summed E-state index contributed by atoms with van der Waals surface area (Å²) in [4.78, 5) is 17.0. The molecule has 0 radical (unpaired) electrons. The second-order valence-electron chi connectivity index (χ2n) is 9.41. The molecule has 1 aromatic carbocycles. The number of rotatable bonds is 5. The van der Waals surface area contributed by atoms with E-state index in [4.69, 9.17) is 9.84 Å². The number of pyridine rings is 1. The summed E-state index contributed by atoms with van der Waals surface area (Å²) in [5.74, 6) is 0. The highest BCUT2D eigenvalue weighted by Crippen LogP contribution is 2.31.